The Bertz CT molecular complexity index is 366. The van der Waals surface area contributed by atoms with Gasteiger partial charge in [0.05, 0.1) is 10.9 Å². The van der Waals surface area contributed by atoms with Crippen molar-refractivity contribution in [3.63, 3.8) is 0 Å². The van der Waals surface area contributed by atoms with Crippen LogP contribution in [-0.4, -0.2) is 17.3 Å². The molecule has 82 valence electrons. The molecule has 1 aromatic rings. The molecule has 1 atom stereocenters. The minimum atomic E-state index is -0.800. The highest BCUT2D eigenvalue weighted by Crippen LogP contribution is 2.30. The van der Waals surface area contributed by atoms with Crippen LogP contribution >= 0.6 is 23.4 Å². The first-order valence-corrected chi connectivity index (χ1v) is 6.26. The van der Waals surface area contributed by atoms with Gasteiger partial charge in [0.1, 0.15) is 0 Å². The summed E-state index contributed by atoms with van der Waals surface area (Å²) in [4.78, 5) is 11.9. The molecule has 0 aliphatic heterocycles. The average molecular weight is 245 g/mol. The Kier molecular flexibility index (Phi) is 4.48. The number of halogens is 1. The molecule has 1 aromatic carbocycles. The van der Waals surface area contributed by atoms with E-state index in [1.807, 2.05) is 25.3 Å². The Morgan fingerprint density at radius 3 is 2.67 bits per heavy atom. The van der Waals surface area contributed by atoms with Gasteiger partial charge in [0.15, 0.2) is 0 Å². The molecule has 0 saturated heterocycles. The molecule has 0 amide bonds. The predicted molar refractivity (Wildman–Crippen MR) is 63.9 cm³/mol. The molecule has 0 saturated carbocycles. The number of benzene rings is 1. The number of carboxylic acids is 1. The topological polar surface area (TPSA) is 37.3 Å². The second-order valence-electron chi connectivity index (χ2n) is 3.19. The summed E-state index contributed by atoms with van der Waals surface area (Å²) in [6, 6.07) is 5.45. The van der Waals surface area contributed by atoms with Crippen LogP contribution in [0.5, 0.6) is 0 Å². The molecule has 0 aliphatic carbocycles. The van der Waals surface area contributed by atoms with Crippen molar-refractivity contribution in [3.05, 3.63) is 28.8 Å². The highest BCUT2D eigenvalue weighted by molar-refractivity contribution is 7.98. The predicted octanol–water partition coefficient (Wildman–Crippen LogP) is 3.64. The summed E-state index contributed by atoms with van der Waals surface area (Å²) in [7, 11) is 0. The molecule has 4 heteroatoms. The first-order valence-electron chi connectivity index (χ1n) is 4.66. The zero-order valence-corrected chi connectivity index (χ0v) is 10.2. The maximum atomic E-state index is 10.9. The lowest BCUT2D eigenvalue weighted by Crippen LogP contribution is -2.10. The van der Waals surface area contributed by atoms with Crippen molar-refractivity contribution >= 4 is 29.3 Å². The second-order valence-corrected chi connectivity index (χ2v) is 4.45. The quantitative estimate of drug-likeness (QED) is 0.822. The molecule has 0 aliphatic rings. The Hall–Kier alpha value is -0.670. The van der Waals surface area contributed by atoms with Gasteiger partial charge < -0.3 is 5.11 Å². The molecule has 0 aromatic heterocycles. The van der Waals surface area contributed by atoms with Gasteiger partial charge in [0.25, 0.3) is 0 Å². The highest BCUT2D eigenvalue weighted by atomic mass is 35.5. The van der Waals surface area contributed by atoms with Crippen LogP contribution in [0.3, 0.4) is 0 Å². The first kappa shape index (κ1) is 12.4. The van der Waals surface area contributed by atoms with Crippen LogP contribution in [0.15, 0.2) is 23.1 Å². The smallest absolute Gasteiger partial charge is 0.310 e. The lowest BCUT2D eigenvalue weighted by molar-refractivity contribution is -0.138. The van der Waals surface area contributed by atoms with Gasteiger partial charge in [-0.25, -0.2) is 0 Å². The van der Waals surface area contributed by atoms with Crippen LogP contribution in [0.4, 0.5) is 0 Å². The fourth-order valence-electron chi connectivity index (χ4n) is 1.45. The van der Waals surface area contributed by atoms with E-state index in [0.717, 1.165) is 10.5 Å². The second kappa shape index (κ2) is 5.42. The lowest BCUT2D eigenvalue weighted by Gasteiger charge is -2.11. The number of carbonyl (C=O) groups is 1. The summed E-state index contributed by atoms with van der Waals surface area (Å²) in [5.41, 5.74) is 0.771. The third-order valence-electron chi connectivity index (χ3n) is 2.28. The number of aliphatic carboxylic acids is 1. The van der Waals surface area contributed by atoms with Gasteiger partial charge in [-0.05, 0) is 30.4 Å². The van der Waals surface area contributed by atoms with Gasteiger partial charge in [-0.1, -0.05) is 24.6 Å². The fraction of sp³-hybridized carbons (Fsp3) is 0.364. The summed E-state index contributed by atoms with van der Waals surface area (Å²) in [5.74, 6) is -1.26. The molecule has 15 heavy (non-hydrogen) atoms. The van der Waals surface area contributed by atoms with Gasteiger partial charge in [-0.3, -0.25) is 4.79 Å². The van der Waals surface area contributed by atoms with Crippen molar-refractivity contribution in [2.75, 3.05) is 6.26 Å². The Morgan fingerprint density at radius 1 is 1.60 bits per heavy atom. The number of thioether (sulfide) groups is 1. The highest BCUT2D eigenvalue weighted by Gasteiger charge is 2.18. The maximum absolute atomic E-state index is 10.9. The monoisotopic (exact) mass is 244 g/mol. The molecular formula is C11H13ClO2S. The SMILES string of the molecule is CCC(C(=O)O)c1ccc(SC)c(Cl)c1. The number of carboxylic acid groups (broad SMARTS) is 1. The largest absolute Gasteiger partial charge is 0.481 e. The molecule has 0 spiro atoms. The summed E-state index contributed by atoms with van der Waals surface area (Å²) in [5, 5.41) is 9.62. The van der Waals surface area contributed by atoms with Crippen LogP contribution < -0.4 is 0 Å². The average Bonchev–Trinajstić information content (AvgIpc) is 2.18. The zero-order chi connectivity index (χ0) is 11.4. The Morgan fingerprint density at radius 2 is 2.27 bits per heavy atom. The first-order chi connectivity index (χ1) is 7.10. The van der Waals surface area contributed by atoms with Crippen molar-refractivity contribution in [2.45, 2.75) is 24.2 Å². The van der Waals surface area contributed by atoms with Gasteiger partial charge >= 0.3 is 5.97 Å². The Balaban J connectivity index is 3.05. The fourth-order valence-corrected chi connectivity index (χ4v) is 2.33. The van der Waals surface area contributed by atoms with Crippen LogP contribution in [0.2, 0.25) is 5.02 Å². The van der Waals surface area contributed by atoms with E-state index in [0.29, 0.717) is 11.4 Å². The van der Waals surface area contributed by atoms with E-state index < -0.39 is 11.9 Å². The molecule has 0 fully saturated rings. The zero-order valence-electron chi connectivity index (χ0n) is 8.66. The molecule has 1 unspecified atom stereocenters. The summed E-state index contributed by atoms with van der Waals surface area (Å²) < 4.78 is 0. The third-order valence-corrected chi connectivity index (χ3v) is 3.51. The standard InChI is InChI=1S/C11H13ClO2S/c1-3-8(11(13)14)7-4-5-10(15-2)9(12)6-7/h4-6,8H,3H2,1-2H3,(H,13,14). The van der Waals surface area contributed by atoms with Gasteiger partial charge in [-0.2, -0.15) is 0 Å². The van der Waals surface area contributed by atoms with Crippen LogP contribution in [0.1, 0.15) is 24.8 Å². The van der Waals surface area contributed by atoms with Crippen LogP contribution in [0.25, 0.3) is 0 Å². The number of hydrogen-bond donors (Lipinski definition) is 1. The van der Waals surface area contributed by atoms with Crippen molar-refractivity contribution in [1.29, 1.82) is 0 Å². The van der Waals surface area contributed by atoms with Crippen molar-refractivity contribution in [2.24, 2.45) is 0 Å². The van der Waals surface area contributed by atoms with E-state index in [2.05, 4.69) is 0 Å². The molecule has 0 heterocycles. The summed E-state index contributed by atoms with van der Waals surface area (Å²) >= 11 is 7.57. The number of hydrogen-bond acceptors (Lipinski definition) is 2. The van der Waals surface area contributed by atoms with Gasteiger partial charge in [0, 0.05) is 4.90 Å². The van der Waals surface area contributed by atoms with Crippen molar-refractivity contribution in [1.82, 2.24) is 0 Å². The molecular weight excluding hydrogens is 232 g/mol. The van der Waals surface area contributed by atoms with Gasteiger partial charge in [0.2, 0.25) is 0 Å². The molecule has 2 nitrogen and oxygen atoms in total. The summed E-state index contributed by atoms with van der Waals surface area (Å²) in [6.45, 7) is 1.86. The van der Waals surface area contributed by atoms with E-state index in [1.54, 1.807) is 17.8 Å². The van der Waals surface area contributed by atoms with Crippen molar-refractivity contribution in [3.8, 4) is 0 Å². The van der Waals surface area contributed by atoms with E-state index in [-0.39, 0.29) is 0 Å². The minimum Gasteiger partial charge on any atom is -0.481 e. The third kappa shape index (κ3) is 2.89. The van der Waals surface area contributed by atoms with Gasteiger partial charge in [-0.15, -0.1) is 11.8 Å². The Labute approximate surface area is 98.6 Å². The normalized spacial score (nSPS) is 12.5. The minimum absolute atomic E-state index is 0.460. The summed E-state index contributed by atoms with van der Waals surface area (Å²) in [6.07, 6.45) is 2.51. The molecule has 0 bridgehead atoms. The van der Waals surface area contributed by atoms with E-state index in [1.165, 1.54) is 0 Å². The number of rotatable bonds is 4. The van der Waals surface area contributed by atoms with Crippen LogP contribution in [0, 0.1) is 0 Å². The molecule has 0 radical (unpaired) electrons. The van der Waals surface area contributed by atoms with Crippen LogP contribution in [-0.2, 0) is 4.79 Å². The lowest BCUT2D eigenvalue weighted by atomic mass is 9.97. The molecule has 1 rings (SSSR count). The van der Waals surface area contributed by atoms with E-state index >= 15 is 0 Å². The van der Waals surface area contributed by atoms with Crippen molar-refractivity contribution < 1.29 is 9.90 Å². The molecule has 1 N–H and O–H groups in total. The van der Waals surface area contributed by atoms with E-state index in [4.69, 9.17) is 16.7 Å². The maximum Gasteiger partial charge on any atom is 0.310 e. The van der Waals surface area contributed by atoms with E-state index in [9.17, 15) is 4.79 Å².